The average molecular weight is 378 g/mol. The Labute approximate surface area is 161 Å². The highest BCUT2D eigenvalue weighted by Crippen LogP contribution is 2.22. The summed E-state index contributed by atoms with van der Waals surface area (Å²) in [6, 6.07) is 11.5. The number of hydrogen-bond acceptors (Lipinski definition) is 7. The highest BCUT2D eigenvalue weighted by molar-refractivity contribution is 7.07. The lowest BCUT2D eigenvalue weighted by Crippen LogP contribution is -2.32. The Kier molecular flexibility index (Phi) is 5.74. The van der Waals surface area contributed by atoms with Crippen molar-refractivity contribution in [2.24, 2.45) is 0 Å². The Hall–Kier alpha value is -3.31. The van der Waals surface area contributed by atoms with Crippen LogP contribution in [-0.4, -0.2) is 27.9 Å². The van der Waals surface area contributed by atoms with Crippen molar-refractivity contribution >= 4 is 28.6 Å². The third-order valence-corrected chi connectivity index (χ3v) is 4.62. The van der Waals surface area contributed by atoms with Crippen LogP contribution in [0.1, 0.15) is 23.0 Å². The van der Waals surface area contributed by atoms with Crippen LogP contribution in [0.4, 0.5) is 11.4 Å². The van der Waals surface area contributed by atoms with Crippen LogP contribution in [0.5, 0.6) is 0 Å². The van der Waals surface area contributed by atoms with Crippen molar-refractivity contribution in [3.05, 3.63) is 64.1 Å². The molecule has 7 nitrogen and oxygen atoms in total. The second-order valence-electron chi connectivity index (χ2n) is 5.82. The number of nitriles is 1. The van der Waals surface area contributed by atoms with Crippen molar-refractivity contribution in [2.45, 2.75) is 19.9 Å². The van der Waals surface area contributed by atoms with Crippen molar-refractivity contribution in [1.29, 1.82) is 5.26 Å². The first-order valence-corrected chi connectivity index (χ1v) is 9.24. The summed E-state index contributed by atoms with van der Waals surface area (Å²) in [5.74, 6) is 0.597. The Bertz CT molecular complexity index is 963. The minimum atomic E-state index is -0.145. The number of carbonyl (C=O) groups is 1. The van der Waals surface area contributed by atoms with E-state index in [1.807, 2.05) is 54.2 Å². The monoisotopic (exact) mass is 378 g/mol. The molecule has 3 aromatic rings. The zero-order valence-electron chi connectivity index (χ0n) is 15.0. The summed E-state index contributed by atoms with van der Waals surface area (Å²) in [5.41, 5.74) is 2.81. The first-order chi connectivity index (χ1) is 13.1. The number of nitrogens with one attached hydrogen (secondary N) is 1. The standard InChI is InChI=1S/C19H18N6OS/c1-13-22-17(24-18(10-20)23-13)9-19(26)25(11-14-7-8-27-12-14)16-5-3-15(21-2)4-6-16/h3-8,12,21H,9,11H2,1-2H3. The Morgan fingerprint density at radius 2 is 2.00 bits per heavy atom. The Morgan fingerprint density at radius 3 is 2.63 bits per heavy atom. The maximum absolute atomic E-state index is 13.0. The SMILES string of the molecule is CNc1ccc(N(Cc2ccsc2)C(=O)Cc2nc(C)nc(C#N)n2)cc1. The van der Waals surface area contributed by atoms with Crippen LogP contribution >= 0.6 is 11.3 Å². The number of rotatable bonds is 6. The third kappa shape index (κ3) is 4.65. The van der Waals surface area contributed by atoms with Gasteiger partial charge in [-0.05, 0) is 53.6 Å². The average Bonchev–Trinajstić information content (AvgIpc) is 3.19. The quantitative estimate of drug-likeness (QED) is 0.709. The van der Waals surface area contributed by atoms with Gasteiger partial charge in [0.2, 0.25) is 11.7 Å². The van der Waals surface area contributed by atoms with Crippen LogP contribution in [-0.2, 0) is 17.8 Å². The Balaban J connectivity index is 1.88. The van der Waals surface area contributed by atoms with Crippen molar-refractivity contribution < 1.29 is 4.79 Å². The molecule has 1 N–H and O–H groups in total. The lowest BCUT2D eigenvalue weighted by Gasteiger charge is -2.22. The highest BCUT2D eigenvalue weighted by atomic mass is 32.1. The summed E-state index contributed by atoms with van der Waals surface area (Å²) in [7, 11) is 1.85. The lowest BCUT2D eigenvalue weighted by atomic mass is 10.2. The molecule has 0 fully saturated rings. The molecule has 1 amide bonds. The molecule has 0 aliphatic rings. The third-order valence-electron chi connectivity index (χ3n) is 3.89. The molecule has 27 heavy (non-hydrogen) atoms. The van der Waals surface area contributed by atoms with Gasteiger partial charge in [0.05, 0.1) is 13.0 Å². The van der Waals surface area contributed by atoms with E-state index in [0.717, 1.165) is 16.9 Å². The molecule has 0 saturated heterocycles. The van der Waals surface area contributed by atoms with Gasteiger partial charge in [0.15, 0.2) is 0 Å². The summed E-state index contributed by atoms with van der Waals surface area (Å²) >= 11 is 1.59. The molecule has 0 unspecified atom stereocenters. The number of hydrogen-bond donors (Lipinski definition) is 1. The minimum Gasteiger partial charge on any atom is -0.388 e. The molecule has 2 heterocycles. The van der Waals surface area contributed by atoms with Gasteiger partial charge in [-0.25, -0.2) is 15.0 Å². The van der Waals surface area contributed by atoms with Crippen LogP contribution in [0.2, 0.25) is 0 Å². The second kappa shape index (κ2) is 8.38. The minimum absolute atomic E-state index is 0.00401. The molecule has 0 bridgehead atoms. The maximum atomic E-state index is 13.0. The summed E-state index contributed by atoms with van der Waals surface area (Å²) < 4.78 is 0. The largest absolute Gasteiger partial charge is 0.388 e. The van der Waals surface area contributed by atoms with E-state index in [2.05, 4.69) is 20.3 Å². The van der Waals surface area contributed by atoms with Gasteiger partial charge in [-0.2, -0.15) is 16.6 Å². The van der Waals surface area contributed by atoms with E-state index < -0.39 is 0 Å². The van der Waals surface area contributed by atoms with E-state index in [1.54, 1.807) is 23.2 Å². The smallest absolute Gasteiger partial charge is 0.235 e. The molecule has 1 aromatic carbocycles. The van der Waals surface area contributed by atoms with Gasteiger partial charge in [0.25, 0.3) is 0 Å². The van der Waals surface area contributed by atoms with Crippen molar-refractivity contribution in [1.82, 2.24) is 15.0 Å². The van der Waals surface area contributed by atoms with Gasteiger partial charge in [-0.3, -0.25) is 4.79 Å². The number of benzene rings is 1. The number of anilines is 2. The Morgan fingerprint density at radius 1 is 1.22 bits per heavy atom. The van der Waals surface area contributed by atoms with Gasteiger partial charge in [0, 0.05) is 18.4 Å². The number of aryl methyl sites for hydroxylation is 1. The molecule has 2 aromatic heterocycles. The van der Waals surface area contributed by atoms with E-state index in [-0.39, 0.29) is 18.2 Å². The van der Waals surface area contributed by atoms with Gasteiger partial charge in [-0.15, -0.1) is 0 Å². The van der Waals surface area contributed by atoms with Crippen molar-refractivity contribution in [2.75, 3.05) is 17.3 Å². The highest BCUT2D eigenvalue weighted by Gasteiger charge is 2.19. The number of thiophene rings is 1. The van der Waals surface area contributed by atoms with E-state index in [4.69, 9.17) is 5.26 Å². The molecule has 0 aliphatic carbocycles. The molecule has 8 heteroatoms. The molecular weight excluding hydrogens is 360 g/mol. The van der Waals surface area contributed by atoms with Crippen LogP contribution in [0.25, 0.3) is 0 Å². The van der Waals surface area contributed by atoms with Crippen LogP contribution in [0.3, 0.4) is 0 Å². The van der Waals surface area contributed by atoms with E-state index in [0.29, 0.717) is 18.2 Å². The van der Waals surface area contributed by atoms with E-state index in [9.17, 15) is 4.79 Å². The molecule has 0 atom stereocenters. The van der Waals surface area contributed by atoms with Crippen LogP contribution < -0.4 is 10.2 Å². The molecule has 136 valence electrons. The number of nitrogens with zero attached hydrogens (tertiary/aromatic N) is 5. The number of carbonyl (C=O) groups excluding carboxylic acids is 1. The molecule has 0 spiro atoms. The number of amides is 1. The van der Waals surface area contributed by atoms with Gasteiger partial charge >= 0.3 is 0 Å². The van der Waals surface area contributed by atoms with Crippen LogP contribution in [0.15, 0.2) is 41.1 Å². The summed E-state index contributed by atoms with van der Waals surface area (Å²) in [4.78, 5) is 26.9. The molecular formula is C19H18N6OS. The van der Waals surface area contributed by atoms with Gasteiger partial charge in [0.1, 0.15) is 17.7 Å². The second-order valence-corrected chi connectivity index (χ2v) is 6.60. The summed E-state index contributed by atoms with van der Waals surface area (Å²) in [5, 5.41) is 16.1. The predicted octanol–water partition coefficient (Wildman–Crippen LogP) is 2.93. The fourth-order valence-electron chi connectivity index (χ4n) is 2.59. The maximum Gasteiger partial charge on any atom is 0.235 e. The van der Waals surface area contributed by atoms with E-state index in [1.165, 1.54) is 0 Å². The first-order valence-electron chi connectivity index (χ1n) is 8.30. The first kappa shape index (κ1) is 18.5. The predicted molar refractivity (Wildman–Crippen MR) is 104 cm³/mol. The van der Waals surface area contributed by atoms with Crippen LogP contribution in [0, 0.1) is 18.3 Å². The fourth-order valence-corrected chi connectivity index (χ4v) is 3.25. The topological polar surface area (TPSA) is 94.8 Å². The van der Waals surface area contributed by atoms with Gasteiger partial charge < -0.3 is 10.2 Å². The van der Waals surface area contributed by atoms with Crippen molar-refractivity contribution in [3.63, 3.8) is 0 Å². The fraction of sp³-hybridized carbons (Fsp3) is 0.211. The molecule has 0 saturated carbocycles. The zero-order chi connectivity index (χ0) is 19.2. The summed E-state index contributed by atoms with van der Waals surface area (Å²) in [6.45, 7) is 2.13. The molecule has 0 aliphatic heterocycles. The summed E-state index contributed by atoms with van der Waals surface area (Å²) in [6.07, 6.45) is -0.00401. The zero-order valence-corrected chi connectivity index (χ0v) is 15.8. The lowest BCUT2D eigenvalue weighted by molar-refractivity contribution is -0.118. The van der Waals surface area contributed by atoms with Gasteiger partial charge in [-0.1, -0.05) is 0 Å². The number of aromatic nitrogens is 3. The van der Waals surface area contributed by atoms with Crippen molar-refractivity contribution in [3.8, 4) is 6.07 Å². The molecule has 0 radical (unpaired) electrons. The normalized spacial score (nSPS) is 10.3. The van der Waals surface area contributed by atoms with E-state index >= 15 is 0 Å². The molecule has 3 rings (SSSR count).